The van der Waals surface area contributed by atoms with Crippen LogP contribution in [0.5, 0.6) is 0 Å². The fourth-order valence-electron chi connectivity index (χ4n) is 0.160. The summed E-state index contributed by atoms with van der Waals surface area (Å²) in [5.74, 6) is 0. The number of hydrogen-bond donors (Lipinski definition) is 2. The van der Waals surface area contributed by atoms with E-state index in [4.69, 9.17) is 21.2 Å². The minimum Gasteiger partial charge on any atom is -0.353 e. The van der Waals surface area contributed by atoms with Crippen LogP contribution in [0.1, 0.15) is 6.92 Å². The second-order valence-electron chi connectivity index (χ2n) is 1.59. The fraction of sp³-hybridized carbons (Fsp3) is 0.600. The molecule has 66 valence electrons. The molecule has 11 heavy (non-hydrogen) atoms. The number of ether oxygens (including phenoxy) is 1. The number of nitrogens with two attached hydrogens (primary N) is 2. The van der Waals surface area contributed by atoms with E-state index in [1.54, 1.807) is 0 Å². The van der Waals surface area contributed by atoms with E-state index in [-0.39, 0.29) is 5.56 Å². The van der Waals surface area contributed by atoms with Gasteiger partial charge in [-0.1, -0.05) is 11.6 Å². The Morgan fingerprint density at radius 1 is 1.55 bits per heavy atom. The van der Waals surface area contributed by atoms with Gasteiger partial charge >= 0.3 is 6.03 Å². The van der Waals surface area contributed by atoms with E-state index >= 15 is 0 Å². The Balaban J connectivity index is 0. The van der Waals surface area contributed by atoms with E-state index in [9.17, 15) is 0 Å². The van der Waals surface area contributed by atoms with Crippen LogP contribution in [-0.2, 0) is 9.53 Å². The fourth-order valence-corrected chi connectivity index (χ4v) is 0.322. The number of carbonyl (C=O) groups is 2. The highest BCUT2D eigenvalue weighted by Crippen LogP contribution is 2.23. The van der Waals surface area contributed by atoms with Crippen molar-refractivity contribution in [2.75, 3.05) is 0 Å². The van der Waals surface area contributed by atoms with Crippen LogP contribution in [-0.4, -0.2) is 24.5 Å². The molecule has 0 aliphatic carbocycles. The minimum absolute atomic E-state index is 0.0231. The van der Waals surface area contributed by atoms with Crippen LogP contribution in [0.25, 0.3) is 0 Å². The summed E-state index contributed by atoms with van der Waals surface area (Å²) in [5, 5.41) is 0. The lowest BCUT2D eigenvalue weighted by Crippen LogP contribution is -2.18. The molecule has 6 heteroatoms. The molecule has 2 unspecified atom stereocenters. The number of halogens is 1. The molecule has 0 spiro atoms. The van der Waals surface area contributed by atoms with Crippen LogP contribution in [0.3, 0.4) is 0 Å². The predicted octanol–water partition coefficient (Wildman–Crippen LogP) is -0.191. The molecule has 0 saturated carbocycles. The predicted molar refractivity (Wildman–Crippen MR) is 41.1 cm³/mol. The van der Waals surface area contributed by atoms with Crippen molar-refractivity contribution >= 4 is 24.4 Å². The van der Waals surface area contributed by atoms with Gasteiger partial charge in [0.2, 0.25) is 0 Å². The van der Waals surface area contributed by atoms with Crippen molar-refractivity contribution < 1.29 is 14.3 Å². The molecule has 1 aliphatic rings. The van der Waals surface area contributed by atoms with Crippen molar-refractivity contribution in [3.63, 3.8) is 0 Å². The highest BCUT2D eigenvalue weighted by Gasteiger charge is 2.30. The lowest BCUT2D eigenvalue weighted by Gasteiger charge is -1.62. The molecule has 2 amide bonds. The van der Waals surface area contributed by atoms with Gasteiger partial charge in [-0.15, -0.1) is 0 Å². The van der Waals surface area contributed by atoms with E-state index in [0.29, 0.717) is 6.10 Å². The Morgan fingerprint density at radius 2 is 1.64 bits per heavy atom. The summed E-state index contributed by atoms with van der Waals surface area (Å²) < 4.78 is 4.68. The number of alkyl halides is 1. The Hall–Kier alpha value is -0.810. The van der Waals surface area contributed by atoms with Crippen LogP contribution in [0, 0.1) is 0 Å². The van der Waals surface area contributed by atoms with Crippen molar-refractivity contribution in [1.82, 2.24) is 0 Å². The first-order chi connectivity index (χ1) is 5.04. The first-order valence-electron chi connectivity index (χ1n) is 2.67. The molecule has 0 aromatic rings. The Bertz CT molecular complexity index is 112. The maximum atomic E-state index is 9.00. The van der Waals surface area contributed by atoms with Gasteiger partial charge in [0.15, 0.2) is 5.56 Å². The van der Waals surface area contributed by atoms with Gasteiger partial charge in [0, 0.05) is 0 Å². The topological polar surface area (TPSA) is 98.7 Å². The molecular weight excluding hydrogens is 172 g/mol. The number of hydrogen-bond acceptors (Lipinski definition) is 3. The summed E-state index contributed by atoms with van der Waals surface area (Å²) in [6.07, 6.45) is 0.316. The summed E-state index contributed by atoms with van der Waals surface area (Å²) in [5.41, 5.74) is 8.52. The van der Waals surface area contributed by atoms with Gasteiger partial charge in [0.1, 0.15) is 6.79 Å². The lowest BCUT2D eigenvalue weighted by molar-refractivity contribution is -0.0979. The van der Waals surface area contributed by atoms with Crippen LogP contribution < -0.4 is 11.5 Å². The van der Waals surface area contributed by atoms with Crippen molar-refractivity contribution in [1.29, 1.82) is 0 Å². The molecule has 1 saturated heterocycles. The third-order valence-electron chi connectivity index (χ3n) is 0.637. The number of carbonyl (C=O) groups excluding carboxylic acids is 2. The van der Waals surface area contributed by atoms with E-state index < -0.39 is 6.03 Å². The number of amides is 2. The van der Waals surface area contributed by atoms with Crippen molar-refractivity contribution in [3.05, 3.63) is 0 Å². The van der Waals surface area contributed by atoms with E-state index in [2.05, 4.69) is 16.2 Å². The third kappa shape index (κ3) is 17.6. The summed E-state index contributed by atoms with van der Waals surface area (Å²) in [4.78, 5) is 17.0. The molecule has 0 radical (unpaired) electrons. The zero-order valence-electron chi connectivity index (χ0n) is 6.12. The zero-order chi connectivity index (χ0) is 9.44. The van der Waals surface area contributed by atoms with Crippen LogP contribution >= 0.6 is 11.6 Å². The molecule has 1 heterocycles. The molecular formula is C5H11ClN2O3. The van der Waals surface area contributed by atoms with E-state index in [1.165, 1.54) is 0 Å². The Labute approximate surface area is 69.6 Å². The molecule has 0 aromatic heterocycles. The first-order valence-corrected chi connectivity index (χ1v) is 3.11. The summed E-state index contributed by atoms with van der Waals surface area (Å²) in [7, 11) is 0. The molecule has 0 aromatic carbocycles. The summed E-state index contributed by atoms with van der Waals surface area (Å²) in [6, 6.07) is -0.833. The average molecular weight is 183 g/mol. The highest BCUT2D eigenvalue weighted by molar-refractivity contribution is 6.21. The second-order valence-corrected chi connectivity index (χ2v) is 2.02. The largest absolute Gasteiger partial charge is 0.353 e. The zero-order valence-corrected chi connectivity index (χ0v) is 6.88. The van der Waals surface area contributed by atoms with Gasteiger partial charge in [-0.2, -0.15) is 0 Å². The van der Waals surface area contributed by atoms with Gasteiger partial charge in [-0.05, 0) is 6.92 Å². The first kappa shape index (κ1) is 12.8. The lowest BCUT2D eigenvalue weighted by atomic mass is 10.6. The minimum atomic E-state index is -0.833. The van der Waals surface area contributed by atoms with Crippen molar-refractivity contribution in [3.8, 4) is 0 Å². The highest BCUT2D eigenvalue weighted by atomic mass is 35.5. The maximum absolute atomic E-state index is 9.00. The van der Waals surface area contributed by atoms with Crippen molar-refractivity contribution in [2.24, 2.45) is 11.5 Å². The van der Waals surface area contributed by atoms with Crippen LogP contribution in [0.2, 0.25) is 0 Å². The molecule has 1 fully saturated rings. The molecule has 1 rings (SSSR count). The summed E-state index contributed by atoms with van der Waals surface area (Å²) >= 11 is 5.31. The number of urea groups is 1. The van der Waals surface area contributed by atoms with E-state index in [0.717, 1.165) is 0 Å². The molecule has 1 aliphatic heterocycles. The van der Waals surface area contributed by atoms with Gasteiger partial charge in [0.25, 0.3) is 0 Å². The van der Waals surface area contributed by atoms with Gasteiger partial charge in [0.05, 0.1) is 6.10 Å². The molecule has 0 bridgehead atoms. The normalized spacial score (nSPS) is 24.9. The van der Waals surface area contributed by atoms with Gasteiger partial charge < -0.3 is 21.0 Å². The molecule has 4 N–H and O–H groups in total. The van der Waals surface area contributed by atoms with Gasteiger partial charge in [-0.3, -0.25) is 0 Å². The second kappa shape index (κ2) is 7.30. The van der Waals surface area contributed by atoms with Gasteiger partial charge in [-0.25, -0.2) is 4.79 Å². The standard InChI is InChI=1S/C3H5ClO.CH4N2O.CH2O/c1-2-3(4)5-2;2-1(3)4;1-2/h2-3H,1H3;(H4,2,3,4);1H2. The average Bonchev–Trinajstić information content (AvgIpc) is 2.49. The third-order valence-corrected chi connectivity index (χ3v) is 1.09. The maximum Gasteiger partial charge on any atom is 0.309 e. The Kier molecular flexibility index (Phi) is 8.51. The molecule has 2 atom stereocenters. The quantitative estimate of drug-likeness (QED) is 0.401. The smallest absolute Gasteiger partial charge is 0.309 e. The van der Waals surface area contributed by atoms with Crippen LogP contribution in [0.15, 0.2) is 0 Å². The molecule has 5 nitrogen and oxygen atoms in total. The van der Waals surface area contributed by atoms with Crippen molar-refractivity contribution in [2.45, 2.75) is 18.6 Å². The van der Waals surface area contributed by atoms with E-state index in [1.807, 2.05) is 13.7 Å². The summed E-state index contributed by atoms with van der Waals surface area (Å²) in [6.45, 7) is 3.94. The Morgan fingerprint density at radius 3 is 1.64 bits per heavy atom. The number of primary amides is 2. The SMILES string of the molecule is C=O.CC1OC1Cl.NC(N)=O. The van der Waals surface area contributed by atoms with Crippen LogP contribution in [0.4, 0.5) is 4.79 Å². The number of rotatable bonds is 0. The number of epoxide rings is 1. The monoisotopic (exact) mass is 182 g/mol.